The van der Waals surface area contributed by atoms with Crippen LogP contribution in [-0.2, 0) is 16.6 Å². The fourth-order valence-electron chi connectivity index (χ4n) is 3.11. The molecule has 3 rings (SSSR count). The molecule has 1 aliphatic carbocycles. The molecule has 1 fully saturated rings. The average Bonchev–Trinajstić information content (AvgIpc) is 3.36. The summed E-state index contributed by atoms with van der Waals surface area (Å²) in [6, 6.07) is 19.1. The van der Waals surface area contributed by atoms with E-state index in [1.807, 2.05) is 6.07 Å². The molecule has 1 amide bonds. The molecule has 2 aromatic carbocycles. The normalized spacial score (nSPS) is 16.6. The van der Waals surface area contributed by atoms with E-state index >= 15 is 0 Å². The van der Waals surface area contributed by atoms with Gasteiger partial charge < -0.3 is 5.32 Å². The van der Waals surface area contributed by atoms with Crippen LogP contribution >= 0.6 is 0 Å². The number of hydrogen-bond acceptors (Lipinski definition) is 1. The second-order valence-corrected chi connectivity index (χ2v) is 6.85. The minimum Gasteiger partial charge on any atom is -0.353 e. The lowest BCUT2D eigenvalue weighted by Gasteiger charge is -2.20. The molecule has 1 saturated carbocycles. The molecule has 0 aromatic heterocycles. The van der Waals surface area contributed by atoms with Crippen LogP contribution < -0.4 is 5.32 Å². The van der Waals surface area contributed by atoms with E-state index in [9.17, 15) is 4.79 Å². The van der Waals surface area contributed by atoms with E-state index in [1.54, 1.807) is 0 Å². The van der Waals surface area contributed by atoms with Crippen LogP contribution in [0.1, 0.15) is 42.9 Å². The number of carbonyl (C=O) groups is 1. The summed E-state index contributed by atoms with van der Waals surface area (Å²) in [4.78, 5) is 12.7. The van der Waals surface area contributed by atoms with Gasteiger partial charge in [0.2, 0.25) is 5.91 Å². The van der Waals surface area contributed by atoms with Gasteiger partial charge in [-0.05, 0) is 50.7 Å². The Hall–Kier alpha value is -2.09. The highest BCUT2D eigenvalue weighted by atomic mass is 16.2. The third-order valence-electron chi connectivity index (χ3n) is 4.88. The van der Waals surface area contributed by atoms with E-state index < -0.39 is 0 Å². The molecule has 1 atom stereocenters. The Morgan fingerprint density at radius 2 is 1.74 bits per heavy atom. The first-order valence-corrected chi connectivity index (χ1v) is 8.52. The highest BCUT2D eigenvalue weighted by Gasteiger charge is 2.51. The van der Waals surface area contributed by atoms with Crippen LogP contribution in [0.3, 0.4) is 0 Å². The summed E-state index contributed by atoms with van der Waals surface area (Å²) < 4.78 is 0. The Labute approximate surface area is 138 Å². The van der Waals surface area contributed by atoms with Gasteiger partial charge in [-0.25, -0.2) is 0 Å². The van der Waals surface area contributed by atoms with E-state index in [4.69, 9.17) is 0 Å². The minimum atomic E-state index is -0.269. The van der Waals surface area contributed by atoms with Crippen molar-refractivity contribution in [1.29, 1.82) is 0 Å². The lowest BCUT2D eigenvalue weighted by atomic mass is 9.93. The van der Waals surface area contributed by atoms with Crippen LogP contribution in [0, 0.1) is 6.92 Å². The van der Waals surface area contributed by atoms with Crippen LogP contribution in [0.15, 0.2) is 54.6 Å². The van der Waals surface area contributed by atoms with Gasteiger partial charge >= 0.3 is 0 Å². The van der Waals surface area contributed by atoms with Gasteiger partial charge in [0.15, 0.2) is 0 Å². The van der Waals surface area contributed by atoms with E-state index in [1.165, 1.54) is 11.1 Å². The summed E-state index contributed by atoms with van der Waals surface area (Å²) in [5.74, 6) is 0.196. The van der Waals surface area contributed by atoms with Crippen molar-refractivity contribution in [3.8, 4) is 0 Å². The summed E-state index contributed by atoms with van der Waals surface area (Å²) in [5, 5.41) is 3.23. The predicted molar refractivity (Wildman–Crippen MR) is 94.5 cm³/mol. The first kappa shape index (κ1) is 15.8. The van der Waals surface area contributed by atoms with Gasteiger partial charge in [-0.3, -0.25) is 4.79 Å². The highest BCUT2D eigenvalue weighted by Crippen LogP contribution is 2.48. The maximum absolute atomic E-state index is 12.7. The third-order valence-corrected chi connectivity index (χ3v) is 4.88. The van der Waals surface area contributed by atoms with Crippen molar-refractivity contribution in [3.05, 3.63) is 71.3 Å². The number of amides is 1. The van der Waals surface area contributed by atoms with E-state index in [-0.39, 0.29) is 17.4 Å². The zero-order valence-corrected chi connectivity index (χ0v) is 14.0. The molecule has 2 heteroatoms. The first-order valence-electron chi connectivity index (χ1n) is 8.52. The van der Waals surface area contributed by atoms with Crippen molar-refractivity contribution in [2.75, 3.05) is 0 Å². The number of nitrogens with one attached hydrogen (secondary N) is 1. The molecule has 1 unspecified atom stereocenters. The fourth-order valence-corrected chi connectivity index (χ4v) is 3.11. The number of benzene rings is 2. The van der Waals surface area contributed by atoms with E-state index in [0.717, 1.165) is 31.2 Å². The topological polar surface area (TPSA) is 29.1 Å². The van der Waals surface area contributed by atoms with Crippen LogP contribution in [0.25, 0.3) is 0 Å². The van der Waals surface area contributed by atoms with Gasteiger partial charge in [-0.2, -0.15) is 0 Å². The molecule has 23 heavy (non-hydrogen) atoms. The summed E-state index contributed by atoms with van der Waals surface area (Å²) >= 11 is 0. The van der Waals surface area contributed by atoms with Crippen molar-refractivity contribution in [2.45, 2.75) is 51.0 Å². The Morgan fingerprint density at radius 3 is 2.35 bits per heavy atom. The first-order chi connectivity index (χ1) is 11.1. The van der Waals surface area contributed by atoms with Crippen LogP contribution in [0.5, 0.6) is 0 Å². The van der Waals surface area contributed by atoms with Crippen LogP contribution in [-0.4, -0.2) is 11.9 Å². The van der Waals surface area contributed by atoms with Gasteiger partial charge in [0.1, 0.15) is 0 Å². The van der Waals surface area contributed by atoms with E-state index in [2.05, 4.69) is 67.7 Å². The van der Waals surface area contributed by atoms with Crippen molar-refractivity contribution in [3.63, 3.8) is 0 Å². The quantitative estimate of drug-likeness (QED) is 0.853. The minimum absolute atomic E-state index is 0.196. The highest BCUT2D eigenvalue weighted by molar-refractivity contribution is 5.91. The Bertz CT molecular complexity index is 656. The maximum Gasteiger partial charge on any atom is 0.230 e. The second kappa shape index (κ2) is 6.57. The van der Waals surface area contributed by atoms with Crippen molar-refractivity contribution in [2.24, 2.45) is 0 Å². The Morgan fingerprint density at radius 1 is 1.09 bits per heavy atom. The predicted octanol–water partition coefficient (Wildman–Crippen LogP) is 4.16. The molecule has 0 aliphatic heterocycles. The Kier molecular flexibility index (Phi) is 4.51. The number of hydrogen-bond donors (Lipinski definition) is 1. The van der Waals surface area contributed by atoms with Crippen molar-refractivity contribution >= 4 is 5.91 Å². The summed E-state index contributed by atoms with van der Waals surface area (Å²) in [6.07, 6.45) is 3.90. The molecular formula is C21H25NO. The molecule has 0 bridgehead atoms. The zero-order chi connectivity index (χ0) is 16.3. The molecule has 2 aromatic rings. The fraction of sp³-hybridized carbons (Fsp3) is 0.381. The summed E-state index contributed by atoms with van der Waals surface area (Å²) in [7, 11) is 0. The SMILES string of the molecule is Cc1ccc(C2(C(=O)NC(C)CCc3ccccc3)CC2)cc1. The lowest BCUT2D eigenvalue weighted by Crippen LogP contribution is -2.40. The van der Waals surface area contributed by atoms with Gasteiger partial charge in [0.25, 0.3) is 0 Å². The smallest absolute Gasteiger partial charge is 0.230 e. The number of rotatable bonds is 6. The standard InChI is InChI=1S/C21H25NO/c1-16-8-12-19(13-9-16)21(14-15-21)20(23)22-17(2)10-11-18-6-4-3-5-7-18/h3-9,12-13,17H,10-11,14-15H2,1-2H3,(H,22,23). The molecule has 2 nitrogen and oxygen atoms in total. The molecule has 1 aliphatic rings. The molecule has 0 radical (unpaired) electrons. The number of carbonyl (C=O) groups excluding carboxylic acids is 1. The monoisotopic (exact) mass is 307 g/mol. The lowest BCUT2D eigenvalue weighted by molar-refractivity contribution is -0.124. The zero-order valence-electron chi connectivity index (χ0n) is 14.0. The van der Waals surface area contributed by atoms with Crippen LogP contribution in [0.2, 0.25) is 0 Å². The van der Waals surface area contributed by atoms with Crippen molar-refractivity contribution in [1.82, 2.24) is 5.32 Å². The second-order valence-electron chi connectivity index (χ2n) is 6.85. The maximum atomic E-state index is 12.7. The molecule has 0 saturated heterocycles. The molecular weight excluding hydrogens is 282 g/mol. The summed E-state index contributed by atoms with van der Waals surface area (Å²) in [5.41, 5.74) is 3.46. The molecule has 0 spiro atoms. The molecule has 1 N–H and O–H groups in total. The van der Waals surface area contributed by atoms with Gasteiger partial charge in [0.05, 0.1) is 5.41 Å². The van der Waals surface area contributed by atoms with Gasteiger partial charge in [-0.1, -0.05) is 60.2 Å². The average molecular weight is 307 g/mol. The summed E-state index contributed by atoms with van der Waals surface area (Å²) in [6.45, 7) is 4.18. The van der Waals surface area contributed by atoms with Gasteiger partial charge in [0, 0.05) is 6.04 Å². The largest absolute Gasteiger partial charge is 0.353 e. The third kappa shape index (κ3) is 3.64. The van der Waals surface area contributed by atoms with Gasteiger partial charge in [-0.15, -0.1) is 0 Å². The molecule has 0 heterocycles. The molecule has 120 valence electrons. The number of aryl methyl sites for hydroxylation is 2. The van der Waals surface area contributed by atoms with Crippen molar-refractivity contribution < 1.29 is 4.79 Å². The Balaban J connectivity index is 1.57. The van der Waals surface area contributed by atoms with Crippen LogP contribution in [0.4, 0.5) is 0 Å². The van der Waals surface area contributed by atoms with E-state index in [0.29, 0.717) is 0 Å².